The Morgan fingerprint density at radius 3 is 2.85 bits per heavy atom. The zero-order chi connectivity index (χ0) is 9.47. The number of aliphatic hydroxyl groups is 1. The van der Waals surface area contributed by atoms with Crippen LogP contribution in [0.25, 0.3) is 0 Å². The fraction of sp³-hybridized carbons (Fsp3) is 0.444. The zero-order valence-electron chi connectivity index (χ0n) is 7.54. The first-order chi connectivity index (χ1) is 6.12. The minimum absolute atomic E-state index is 0.426. The minimum Gasteiger partial charge on any atom is -0.383 e. The van der Waals surface area contributed by atoms with Gasteiger partial charge in [0.05, 0.1) is 0 Å². The van der Waals surface area contributed by atoms with Crippen LogP contribution < -0.4 is 11.1 Å². The third-order valence-corrected chi connectivity index (χ3v) is 2.39. The molecule has 0 unspecified atom stereocenters. The van der Waals surface area contributed by atoms with Gasteiger partial charge in [-0.25, -0.2) is 4.98 Å². The van der Waals surface area contributed by atoms with Crippen molar-refractivity contribution in [3.05, 3.63) is 23.4 Å². The van der Waals surface area contributed by atoms with Crippen molar-refractivity contribution in [2.75, 3.05) is 18.8 Å². The highest BCUT2D eigenvalue weighted by atomic mass is 16.3. The topological polar surface area (TPSA) is 71.2 Å². The molecule has 0 bridgehead atoms. The Labute approximate surface area is 76.8 Å². The van der Waals surface area contributed by atoms with Crippen molar-refractivity contribution >= 4 is 5.82 Å². The molecule has 0 radical (unpaired) electrons. The van der Waals surface area contributed by atoms with Crippen molar-refractivity contribution in [2.45, 2.75) is 12.5 Å². The van der Waals surface area contributed by atoms with Gasteiger partial charge in [0, 0.05) is 24.8 Å². The number of nitrogens with two attached hydrogens (primary N) is 1. The van der Waals surface area contributed by atoms with Gasteiger partial charge in [-0.2, -0.15) is 0 Å². The Morgan fingerprint density at radius 2 is 2.31 bits per heavy atom. The third-order valence-electron chi connectivity index (χ3n) is 2.39. The Kier molecular flexibility index (Phi) is 1.75. The summed E-state index contributed by atoms with van der Waals surface area (Å²) in [7, 11) is 0. The molecule has 0 saturated carbocycles. The van der Waals surface area contributed by atoms with E-state index < -0.39 is 5.60 Å². The molecule has 2 rings (SSSR count). The summed E-state index contributed by atoms with van der Waals surface area (Å²) >= 11 is 0. The van der Waals surface area contributed by atoms with E-state index in [2.05, 4.69) is 10.3 Å². The number of rotatable bonds is 1. The predicted molar refractivity (Wildman–Crippen MR) is 50.2 cm³/mol. The number of hydrogen-bond acceptors (Lipinski definition) is 4. The molecule has 1 aliphatic heterocycles. The summed E-state index contributed by atoms with van der Waals surface area (Å²) in [4.78, 5) is 4.02. The van der Waals surface area contributed by atoms with E-state index in [1.165, 1.54) is 0 Å². The van der Waals surface area contributed by atoms with Gasteiger partial charge in [0.15, 0.2) is 0 Å². The molecule has 0 aliphatic carbocycles. The van der Waals surface area contributed by atoms with Crippen molar-refractivity contribution in [1.29, 1.82) is 0 Å². The molecule has 13 heavy (non-hydrogen) atoms. The third kappa shape index (κ3) is 1.28. The van der Waals surface area contributed by atoms with Crippen molar-refractivity contribution in [3.8, 4) is 0 Å². The van der Waals surface area contributed by atoms with Crippen LogP contribution >= 0.6 is 0 Å². The standard InChI is InChI=1S/C9H13N3O/c1-6-2-7(8(10)12-3-6)9(13)4-11-5-9/h2-3,11,13H,4-5H2,1H3,(H2,10,12). The number of pyridine rings is 1. The van der Waals surface area contributed by atoms with Crippen LogP contribution in [0.1, 0.15) is 11.1 Å². The molecule has 0 spiro atoms. The smallest absolute Gasteiger partial charge is 0.129 e. The highest BCUT2D eigenvalue weighted by Crippen LogP contribution is 2.29. The summed E-state index contributed by atoms with van der Waals surface area (Å²) < 4.78 is 0. The maximum atomic E-state index is 10.0. The Balaban J connectivity index is 2.43. The Hall–Kier alpha value is -1.13. The maximum absolute atomic E-state index is 10.0. The van der Waals surface area contributed by atoms with Crippen LogP contribution in [-0.4, -0.2) is 23.2 Å². The molecule has 1 saturated heterocycles. The Bertz CT molecular complexity index is 334. The minimum atomic E-state index is -0.802. The van der Waals surface area contributed by atoms with Gasteiger partial charge < -0.3 is 16.2 Å². The molecule has 4 heteroatoms. The van der Waals surface area contributed by atoms with E-state index in [0.717, 1.165) is 11.1 Å². The number of hydrogen-bond donors (Lipinski definition) is 3. The summed E-state index contributed by atoms with van der Waals surface area (Å²) in [5.74, 6) is 0.426. The highest BCUT2D eigenvalue weighted by molar-refractivity contribution is 5.46. The average Bonchev–Trinajstić information content (AvgIpc) is 2.05. The molecular weight excluding hydrogens is 166 g/mol. The van der Waals surface area contributed by atoms with Gasteiger partial charge in [-0.1, -0.05) is 0 Å². The molecule has 2 heterocycles. The fourth-order valence-corrected chi connectivity index (χ4v) is 1.50. The molecular formula is C9H13N3O. The molecule has 0 aromatic carbocycles. The van der Waals surface area contributed by atoms with Gasteiger partial charge >= 0.3 is 0 Å². The molecule has 0 atom stereocenters. The van der Waals surface area contributed by atoms with Crippen LogP contribution in [0.4, 0.5) is 5.82 Å². The number of nitrogens with one attached hydrogen (secondary N) is 1. The molecule has 70 valence electrons. The summed E-state index contributed by atoms with van der Waals surface area (Å²) in [5, 5.41) is 13.0. The predicted octanol–water partition coefficient (Wildman–Crippen LogP) is -0.237. The van der Waals surface area contributed by atoms with Crippen LogP contribution in [0.15, 0.2) is 12.3 Å². The van der Waals surface area contributed by atoms with Gasteiger partial charge in [-0.15, -0.1) is 0 Å². The number of β-amino-alcohol motifs (C(OH)–C–C–N with tert-alkyl or cyclic N) is 1. The first-order valence-electron chi connectivity index (χ1n) is 4.27. The fourth-order valence-electron chi connectivity index (χ4n) is 1.50. The lowest BCUT2D eigenvalue weighted by Crippen LogP contribution is -2.57. The van der Waals surface area contributed by atoms with E-state index in [1.807, 2.05) is 13.0 Å². The molecule has 1 aromatic rings. The van der Waals surface area contributed by atoms with Crippen molar-refractivity contribution in [1.82, 2.24) is 10.3 Å². The van der Waals surface area contributed by atoms with Crippen molar-refractivity contribution < 1.29 is 5.11 Å². The van der Waals surface area contributed by atoms with Gasteiger partial charge in [0.2, 0.25) is 0 Å². The van der Waals surface area contributed by atoms with E-state index >= 15 is 0 Å². The van der Waals surface area contributed by atoms with Gasteiger partial charge in [-0.05, 0) is 18.6 Å². The number of anilines is 1. The first kappa shape index (κ1) is 8.47. The number of nitrogen functional groups attached to an aromatic ring is 1. The van der Waals surface area contributed by atoms with E-state index in [0.29, 0.717) is 18.9 Å². The van der Waals surface area contributed by atoms with Gasteiger partial charge in [0.1, 0.15) is 11.4 Å². The lowest BCUT2D eigenvalue weighted by atomic mass is 9.88. The summed E-state index contributed by atoms with van der Waals surface area (Å²) in [6.45, 7) is 3.05. The monoisotopic (exact) mass is 179 g/mol. The van der Waals surface area contributed by atoms with Crippen molar-refractivity contribution in [2.24, 2.45) is 0 Å². The van der Waals surface area contributed by atoms with Crippen LogP contribution in [0, 0.1) is 6.92 Å². The second kappa shape index (κ2) is 2.68. The van der Waals surface area contributed by atoms with Crippen LogP contribution in [0.3, 0.4) is 0 Å². The first-order valence-corrected chi connectivity index (χ1v) is 4.27. The summed E-state index contributed by atoms with van der Waals surface area (Å²) in [6, 6.07) is 1.89. The average molecular weight is 179 g/mol. The largest absolute Gasteiger partial charge is 0.383 e. The molecule has 4 nitrogen and oxygen atoms in total. The number of aryl methyl sites for hydroxylation is 1. The second-order valence-corrected chi connectivity index (χ2v) is 3.58. The maximum Gasteiger partial charge on any atom is 0.129 e. The van der Waals surface area contributed by atoms with E-state index in [1.54, 1.807) is 6.20 Å². The lowest BCUT2D eigenvalue weighted by molar-refractivity contribution is -0.0142. The lowest BCUT2D eigenvalue weighted by Gasteiger charge is -2.38. The van der Waals surface area contributed by atoms with Gasteiger partial charge in [0.25, 0.3) is 0 Å². The normalized spacial score (nSPS) is 19.5. The highest BCUT2D eigenvalue weighted by Gasteiger charge is 2.38. The van der Waals surface area contributed by atoms with E-state index in [4.69, 9.17) is 5.73 Å². The number of nitrogens with zero attached hydrogens (tertiary/aromatic N) is 1. The van der Waals surface area contributed by atoms with Crippen LogP contribution in [-0.2, 0) is 5.60 Å². The van der Waals surface area contributed by atoms with Crippen molar-refractivity contribution in [3.63, 3.8) is 0 Å². The SMILES string of the molecule is Cc1cnc(N)c(C2(O)CNC2)c1. The molecule has 0 amide bonds. The summed E-state index contributed by atoms with van der Waals surface area (Å²) in [5.41, 5.74) is 6.64. The van der Waals surface area contributed by atoms with Crippen LogP contribution in [0.2, 0.25) is 0 Å². The molecule has 4 N–H and O–H groups in total. The second-order valence-electron chi connectivity index (χ2n) is 3.58. The molecule has 1 fully saturated rings. The van der Waals surface area contributed by atoms with E-state index in [-0.39, 0.29) is 0 Å². The Morgan fingerprint density at radius 1 is 1.62 bits per heavy atom. The van der Waals surface area contributed by atoms with Crippen LogP contribution in [0.5, 0.6) is 0 Å². The summed E-state index contributed by atoms with van der Waals surface area (Å²) in [6.07, 6.45) is 1.70. The van der Waals surface area contributed by atoms with E-state index in [9.17, 15) is 5.11 Å². The quantitative estimate of drug-likeness (QED) is 0.556. The molecule has 1 aromatic heterocycles. The zero-order valence-corrected chi connectivity index (χ0v) is 7.54. The van der Waals surface area contributed by atoms with Gasteiger partial charge in [-0.3, -0.25) is 0 Å². The molecule has 1 aliphatic rings. The number of aromatic nitrogens is 1.